The molecule has 0 bridgehead atoms. The molecule has 1 unspecified atom stereocenters. The lowest BCUT2D eigenvalue weighted by molar-refractivity contribution is -0.139. The third kappa shape index (κ3) is 4.44. The first-order chi connectivity index (χ1) is 18.3. The van der Waals surface area contributed by atoms with E-state index in [-0.39, 0.29) is 29.9 Å². The normalized spacial score (nSPS) is 20.3. The average molecular weight is 515 g/mol. The number of aromatic nitrogens is 1. The Labute approximate surface area is 221 Å². The molecule has 1 spiro atoms. The number of nitrogens with zero attached hydrogens (tertiary/aromatic N) is 3. The van der Waals surface area contributed by atoms with Gasteiger partial charge in [-0.15, -0.1) is 0 Å². The SMILES string of the molecule is CC1(c2ccccc2)N(Cc2cccnc2)C(=O)OC12CCN(C(=O)COc1ccccc1C(N)=O)CC2. The van der Waals surface area contributed by atoms with E-state index in [9.17, 15) is 14.4 Å². The van der Waals surface area contributed by atoms with Crippen LogP contribution in [0.1, 0.15) is 41.3 Å². The summed E-state index contributed by atoms with van der Waals surface area (Å²) in [7, 11) is 0. The molecule has 3 aromatic rings. The lowest BCUT2D eigenvalue weighted by atomic mass is 9.70. The van der Waals surface area contributed by atoms with Crippen LogP contribution in [0.15, 0.2) is 79.1 Å². The number of amides is 3. The molecule has 9 heteroatoms. The van der Waals surface area contributed by atoms with E-state index < -0.39 is 17.0 Å². The number of piperidine rings is 1. The maximum absolute atomic E-state index is 13.3. The van der Waals surface area contributed by atoms with Gasteiger partial charge in [-0.25, -0.2) is 4.79 Å². The van der Waals surface area contributed by atoms with E-state index in [0.29, 0.717) is 32.5 Å². The molecule has 38 heavy (non-hydrogen) atoms. The van der Waals surface area contributed by atoms with Crippen LogP contribution in [0.5, 0.6) is 5.75 Å². The molecule has 3 amide bonds. The lowest BCUT2D eigenvalue weighted by Crippen LogP contribution is -2.59. The number of hydrogen-bond donors (Lipinski definition) is 1. The average Bonchev–Trinajstić information content (AvgIpc) is 3.15. The van der Waals surface area contributed by atoms with Gasteiger partial charge in [0.15, 0.2) is 6.61 Å². The zero-order valence-corrected chi connectivity index (χ0v) is 21.2. The second-order valence-corrected chi connectivity index (χ2v) is 9.78. The molecular formula is C29H30N4O5. The fourth-order valence-electron chi connectivity index (χ4n) is 5.56. The third-order valence-electron chi connectivity index (χ3n) is 7.76. The van der Waals surface area contributed by atoms with Crippen LogP contribution < -0.4 is 10.5 Å². The minimum atomic E-state index is -0.816. The van der Waals surface area contributed by atoms with Gasteiger partial charge in [0.2, 0.25) is 0 Å². The molecule has 1 atom stereocenters. The summed E-state index contributed by atoms with van der Waals surface area (Å²) in [5.74, 6) is -0.557. The van der Waals surface area contributed by atoms with Crippen molar-refractivity contribution in [2.45, 2.75) is 37.5 Å². The summed E-state index contributed by atoms with van der Waals surface area (Å²) in [6.07, 6.45) is 4.01. The van der Waals surface area contributed by atoms with Gasteiger partial charge in [-0.3, -0.25) is 19.5 Å². The molecule has 2 saturated heterocycles. The molecule has 196 valence electrons. The van der Waals surface area contributed by atoms with Gasteiger partial charge in [0.05, 0.1) is 12.1 Å². The Morgan fingerprint density at radius 1 is 1.03 bits per heavy atom. The van der Waals surface area contributed by atoms with E-state index in [4.69, 9.17) is 15.2 Å². The molecule has 2 fully saturated rings. The zero-order chi connectivity index (χ0) is 26.8. The zero-order valence-electron chi connectivity index (χ0n) is 21.2. The Morgan fingerprint density at radius 3 is 2.42 bits per heavy atom. The molecule has 1 aromatic heterocycles. The minimum Gasteiger partial charge on any atom is -0.483 e. The first kappa shape index (κ1) is 25.3. The van der Waals surface area contributed by atoms with Crippen LogP contribution in [-0.2, 0) is 21.6 Å². The van der Waals surface area contributed by atoms with Crippen LogP contribution in [0, 0.1) is 0 Å². The topological polar surface area (TPSA) is 115 Å². The summed E-state index contributed by atoms with van der Waals surface area (Å²) in [4.78, 5) is 45.7. The second-order valence-electron chi connectivity index (χ2n) is 9.78. The van der Waals surface area contributed by atoms with Crippen molar-refractivity contribution in [2.24, 2.45) is 5.73 Å². The van der Waals surface area contributed by atoms with E-state index >= 15 is 0 Å². The molecule has 2 N–H and O–H groups in total. The van der Waals surface area contributed by atoms with Crippen LogP contribution in [0.2, 0.25) is 0 Å². The molecule has 3 heterocycles. The summed E-state index contributed by atoms with van der Waals surface area (Å²) in [5.41, 5.74) is 5.94. The van der Waals surface area contributed by atoms with Gasteiger partial charge >= 0.3 is 6.09 Å². The number of hydrogen-bond acceptors (Lipinski definition) is 6. The predicted octanol–water partition coefficient (Wildman–Crippen LogP) is 3.49. The maximum atomic E-state index is 13.3. The fourth-order valence-corrected chi connectivity index (χ4v) is 5.56. The highest BCUT2D eigenvalue weighted by molar-refractivity contribution is 5.95. The van der Waals surface area contributed by atoms with Gasteiger partial charge in [-0.1, -0.05) is 48.5 Å². The molecule has 5 rings (SSSR count). The molecule has 0 radical (unpaired) electrons. The van der Waals surface area contributed by atoms with Gasteiger partial charge in [0, 0.05) is 38.3 Å². The van der Waals surface area contributed by atoms with E-state index in [1.54, 1.807) is 46.5 Å². The molecule has 9 nitrogen and oxygen atoms in total. The van der Waals surface area contributed by atoms with E-state index in [0.717, 1.165) is 11.1 Å². The highest BCUT2D eigenvalue weighted by atomic mass is 16.6. The maximum Gasteiger partial charge on any atom is 0.411 e. The second kappa shape index (κ2) is 10.2. The summed E-state index contributed by atoms with van der Waals surface area (Å²) < 4.78 is 11.8. The monoisotopic (exact) mass is 514 g/mol. The number of carbonyl (C=O) groups excluding carboxylic acids is 3. The summed E-state index contributed by atoms with van der Waals surface area (Å²) in [6, 6.07) is 20.2. The molecule has 2 aromatic carbocycles. The molecule has 0 aliphatic carbocycles. The number of ether oxygens (including phenoxy) is 2. The fraction of sp³-hybridized carbons (Fsp3) is 0.310. The van der Waals surface area contributed by atoms with Crippen LogP contribution in [0.4, 0.5) is 4.79 Å². The van der Waals surface area contributed by atoms with Gasteiger partial charge in [-0.05, 0) is 36.2 Å². The number of pyridine rings is 1. The molecule has 2 aliphatic heterocycles. The first-order valence-electron chi connectivity index (χ1n) is 12.6. The number of rotatable bonds is 7. The Balaban J connectivity index is 1.34. The van der Waals surface area contributed by atoms with Crippen molar-refractivity contribution in [1.82, 2.24) is 14.8 Å². The van der Waals surface area contributed by atoms with Gasteiger partial charge in [0.1, 0.15) is 16.9 Å². The highest BCUT2D eigenvalue weighted by Gasteiger charge is 2.63. The van der Waals surface area contributed by atoms with Crippen molar-refractivity contribution in [1.29, 1.82) is 0 Å². The van der Waals surface area contributed by atoms with Crippen LogP contribution in [0.3, 0.4) is 0 Å². The van der Waals surface area contributed by atoms with Gasteiger partial charge < -0.3 is 20.1 Å². The quantitative estimate of drug-likeness (QED) is 0.516. The number of benzene rings is 2. The Bertz CT molecular complexity index is 1330. The van der Waals surface area contributed by atoms with Crippen LogP contribution in [-0.4, -0.2) is 58.0 Å². The largest absolute Gasteiger partial charge is 0.483 e. The number of nitrogens with two attached hydrogens (primary N) is 1. The standard InChI is InChI=1S/C29H30N4O5/c1-28(22-9-3-2-4-10-22)29(38-27(36)33(28)19-21-8-7-15-31-18-21)13-16-32(17-14-29)25(34)20-37-24-12-6-5-11-23(24)26(30)35/h2-12,15,18H,13-14,16-17,19-20H2,1H3,(H2,30,35). The van der Waals surface area contributed by atoms with Crippen molar-refractivity contribution >= 4 is 17.9 Å². The van der Waals surface area contributed by atoms with E-state index in [1.807, 2.05) is 49.4 Å². The summed E-state index contributed by atoms with van der Waals surface area (Å²) >= 11 is 0. The number of para-hydroxylation sites is 1. The van der Waals surface area contributed by atoms with Crippen molar-refractivity contribution in [3.8, 4) is 5.75 Å². The first-order valence-corrected chi connectivity index (χ1v) is 12.6. The van der Waals surface area contributed by atoms with Crippen molar-refractivity contribution < 1.29 is 23.9 Å². The van der Waals surface area contributed by atoms with Gasteiger partial charge in [-0.2, -0.15) is 0 Å². The Morgan fingerprint density at radius 2 is 1.74 bits per heavy atom. The van der Waals surface area contributed by atoms with Crippen molar-refractivity contribution in [3.63, 3.8) is 0 Å². The molecular weight excluding hydrogens is 484 g/mol. The molecule has 0 saturated carbocycles. The van der Waals surface area contributed by atoms with Gasteiger partial charge in [0.25, 0.3) is 11.8 Å². The number of carbonyl (C=O) groups is 3. The summed E-state index contributed by atoms with van der Waals surface area (Å²) in [6.45, 7) is 2.98. The Kier molecular flexibility index (Phi) is 6.75. The smallest absolute Gasteiger partial charge is 0.411 e. The van der Waals surface area contributed by atoms with Crippen molar-refractivity contribution in [2.75, 3.05) is 19.7 Å². The highest BCUT2D eigenvalue weighted by Crippen LogP contribution is 2.52. The van der Waals surface area contributed by atoms with Crippen LogP contribution >= 0.6 is 0 Å². The Hall–Kier alpha value is -4.40. The minimum absolute atomic E-state index is 0.211. The number of likely N-dealkylation sites (tertiary alicyclic amines) is 1. The van der Waals surface area contributed by atoms with Crippen LogP contribution in [0.25, 0.3) is 0 Å². The van der Waals surface area contributed by atoms with E-state index in [2.05, 4.69) is 4.98 Å². The van der Waals surface area contributed by atoms with E-state index in [1.165, 1.54) is 0 Å². The lowest BCUT2D eigenvalue weighted by Gasteiger charge is -2.48. The third-order valence-corrected chi connectivity index (χ3v) is 7.76. The predicted molar refractivity (Wildman–Crippen MR) is 139 cm³/mol. The summed E-state index contributed by atoms with van der Waals surface area (Å²) in [5, 5.41) is 0. The number of primary amides is 1. The van der Waals surface area contributed by atoms with Crippen molar-refractivity contribution in [3.05, 3.63) is 95.8 Å². The molecule has 2 aliphatic rings.